The van der Waals surface area contributed by atoms with Gasteiger partial charge in [0.25, 0.3) is 0 Å². The van der Waals surface area contributed by atoms with Crippen LogP contribution in [0.3, 0.4) is 0 Å². The number of hydrogen-bond donors (Lipinski definition) is 3. The van der Waals surface area contributed by atoms with Gasteiger partial charge in [-0.05, 0) is 55.4 Å². The van der Waals surface area contributed by atoms with E-state index in [9.17, 15) is 14.4 Å². The van der Waals surface area contributed by atoms with Crippen molar-refractivity contribution in [1.82, 2.24) is 5.32 Å². The molecular formula is C22H25N3O4S. The number of esters is 1. The molecule has 2 aromatic rings. The molecule has 0 radical (unpaired) electrons. The lowest BCUT2D eigenvalue weighted by atomic mass is 10.1. The summed E-state index contributed by atoms with van der Waals surface area (Å²) < 4.78 is 4.77. The summed E-state index contributed by atoms with van der Waals surface area (Å²) in [6.45, 7) is 1.99. The van der Waals surface area contributed by atoms with Gasteiger partial charge in [-0.2, -0.15) is 0 Å². The summed E-state index contributed by atoms with van der Waals surface area (Å²) in [5, 5.41) is 8.37. The molecule has 3 N–H and O–H groups in total. The molecular weight excluding hydrogens is 402 g/mol. The number of benzene rings is 2. The van der Waals surface area contributed by atoms with E-state index in [1.54, 1.807) is 31.2 Å². The minimum absolute atomic E-state index is 0.000946. The van der Waals surface area contributed by atoms with Crippen molar-refractivity contribution in [2.24, 2.45) is 0 Å². The Morgan fingerprint density at radius 3 is 2.10 bits per heavy atom. The number of hydrogen-bond acceptors (Lipinski definition) is 5. The Balaban J connectivity index is 1.72. The number of carbonyl (C=O) groups is 3. The van der Waals surface area contributed by atoms with Gasteiger partial charge in [0, 0.05) is 24.2 Å². The third-order valence-corrected chi connectivity index (χ3v) is 4.23. The van der Waals surface area contributed by atoms with Gasteiger partial charge in [0.15, 0.2) is 5.11 Å². The van der Waals surface area contributed by atoms with Crippen molar-refractivity contribution < 1.29 is 19.1 Å². The topological polar surface area (TPSA) is 96.5 Å². The summed E-state index contributed by atoms with van der Waals surface area (Å²) >= 11 is 5.10. The van der Waals surface area contributed by atoms with E-state index in [4.69, 9.17) is 17.0 Å². The molecule has 0 saturated heterocycles. The number of ether oxygens (including phenoxy) is 1. The zero-order chi connectivity index (χ0) is 21.8. The normalized spacial score (nSPS) is 10.0. The Bertz CT molecular complexity index is 870. The van der Waals surface area contributed by atoms with Crippen LogP contribution in [0.4, 0.5) is 11.4 Å². The highest BCUT2D eigenvalue weighted by Crippen LogP contribution is 2.14. The van der Waals surface area contributed by atoms with Gasteiger partial charge in [0.2, 0.25) is 11.8 Å². The third kappa shape index (κ3) is 8.83. The number of rotatable bonds is 9. The Morgan fingerprint density at radius 1 is 0.833 bits per heavy atom. The molecule has 0 unspecified atom stereocenters. The molecule has 0 aliphatic carbocycles. The van der Waals surface area contributed by atoms with Crippen LogP contribution in [0.1, 0.15) is 31.7 Å². The summed E-state index contributed by atoms with van der Waals surface area (Å²) in [6.07, 6.45) is 1.07. The first-order valence-electron chi connectivity index (χ1n) is 9.66. The Hall–Kier alpha value is -3.26. The molecule has 0 atom stereocenters. The molecule has 2 rings (SSSR count). The van der Waals surface area contributed by atoms with E-state index in [1.165, 1.54) is 0 Å². The lowest BCUT2D eigenvalue weighted by molar-refractivity contribution is -0.144. The van der Waals surface area contributed by atoms with Crippen LogP contribution in [0.2, 0.25) is 0 Å². The Morgan fingerprint density at radius 2 is 1.47 bits per heavy atom. The standard InChI is InChI=1S/C22H25N3O4S/c1-2-29-21(28)15-14-20(27)25-22(30)24-18-11-9-17(10-12-18)23-19(26)13-8-16-6-4-3-5-7-16/h3-7,9-12H,2,8,13-15H2,1H3,(H,23,26)(H2,24,25,27,30). The van der Waals surface area contributed by atoms with Crippen LogP contribution in [-0.4, -0.2) is 29.5 Å². The Labute approximate surface area is 181 Å². The molecule has 0 bridgehead atoms. The van der Waals surface area contributed by atoms with Gasteiger partial charge in [-0.3, -0.25) is 14.4 Å². The first-order valence-corrected chi connectivity index (χ1v) is 10.1. The molecule has 30 heavy (non-hydrogen) atoms. The molecule has 0 spiro atoms. The zero-order valence-corrected chi connectivity index (χ0v) is 17.6. The molecule has 0 aliphatic heterocycles. The van der Waals surface area contributed by atoms with Crippen molar-refractivity contribution in [3.63, 3.8) is 0 Å². The molecule has 2 amide bonds. The minimum Gasteiger partial charge on any atom is -0.466 e. The fourth-order valence-electron chi connectivity index (χ4n) is 2.56. The van der Waals surface area contributed by atoms with Gasteiger partial charge in [0.1, 0.15) is 0 Å². The van der Waals surface area contributed by atoms with E-state index in [0.717, 1.165) is 5.56 Å². The SMILES string of the molecule is CCOC(=O)CCC(=O)NC(=S)Nc1ccc(NC(=O)CCc2ccccc2)cc1. The monoisotopic (exact) mass is 427 g/mol. The summed E-state index contributed by atoms with van der Waals surface area (Å²) in [7, 11) is 0. The second-order valence-corrected chi connectivity index (χ2v) is 6.83. The first-order chi connectivity index (χ1) is 14.5. The van der Waals surface area contributed by atoms with Crippen molar-refractivity contribution in [1.29, 1.82) is 0 Å². The van der Waals surface area contributed by atoms with E-state index >= 15 is 0 Å². The van der Waals surface area contributed by atoms with Gasteiger partial charge in [-0.25, -0.2) is 0 Å². The van der Waals surface area contributed by atoms with Crippen molar-refractivity contribution in [3.8, 4) is 0 Å². The molecule has 0 fully saturated rings. The smallest absolute Gasteiger partial charge is 0.306 e. The highest BCUT2D eigenvalue weighted by Gasteiger charge is 2.09. The zero-order valence-electron chi connectivity index (χ0n) is 16.8. The van der Waals surface area contributed by atoms with E-state index in [1.807, 2.05) is 30.3 Å². The fraction of sp³-hybridized carbons (Fsp3) is 0.273. The van der Waals surface area contributed by atoms with E-state index in [2.05, 4.69) is 16.0 Å². The van der Waals surface area contributed by atoms with Gasteiger partial charge < -0.3 is 20.7 Å². The lowest BCUT2D eigenvalue weighted by Crippen LogP contribution is -2.34. The van der Waals surface area contributed by atoms with Crippen molar-refractivity contribution >= 4 is 46.5 Å². The molecule has 0 aromatic heterocycles. The van der Waals surface area contributed by atoms with Crippen LogP contribution < -0.4 is 16.0 Å². The molecule has 0 aliphatic rings. The molecule has 2 aromatic carbocycles. The summed E-state index contributed by atoms with van der Waals surface area (Å²) in [5.74, 6) is -0.861. The third-order valence-electron chi connectivity index (χ3n) is 4.02. The van der Waals surface area contributed by atoms with Crippen molar-refractivity contribution in [3.05, 3.63) is 60.2 Å². The highest BCUT2D eigenvalue weighted by atomic mass is 32.1. The predicted molar refractivity (Wildman–Crippen MR) is 120 cm³/mol. The lowest BCUT2D eigenvalue weighted by Gasteiger charge is -2.11. The maximum atomic E-state index is 12.1. The van der Waals surface area contributed by atoms with Crippen LogP contribution in [0.15, 0.2) is 54.6 Å². The van der Waals surface area contributed by atoms with Gasteiger partial charge in [-0.15, -0.1) is 0 Å². The largest absolute Gasteiger partial charge is 0.466 e. The molecule has 7 nitrogen and oxygen atoms in total. The van der Waals surface area contributed by atoms with Crippen LogP contribution in [0, 0.1) is 0 Å². The van der Waals surface area contributed by atoms with Crippen LogP contribution >= 0.6 is 12.2 Å². The fourth-order valence-corrected chi connectivity index (χ4v) is 2.79. The summed E-state index contributed by atoms with van der Waals surface area (Å²) in [5.41, 5.74) is 2.45. The highest BCUT2D eigenvalue weighted by molar-refractivity contribution is 7.80. The summed E-state index contributed by atoms with van der Waals surface area (Å²) in [6, 6.07) is 16.8. The number of carbonyl (C=O) groups excluding carboxylic acids is 3. The molecule has 8 heteroatoms. The van der Waals surface area contributed by atoms with Crippen molar-refractivity contribution in [2.75, 3.05) is 17.2 Å². The van der Waals surface area contributed by atoms with Gasteiger partial charge in [-0.1, -0.05) is 30.3 Å². The number of amides is 2. The van der Waals surface area contributed by atoms with Crippen LogP contribution in [-0.2, 0) is 25.5 Å². The molecule has 0 saturated carbocycles. The van der Waals surface area contributed by atoms with E-state index < -0.39 is 5.97 Å². The maximum absolute atomic E-state index is 12.1. The maximum Gasteiger partial charge on any atom is 0.306 e. The van der Waals surface area contributed by atoms with E-state index in [-0.39, 0.29) is 36.4 Å². The van der Waals surface area contributed by atoms with Crippen LogP contribution in [0.5, 0.6) is 0 Å². The molecule has 158 valence electrons. The second kappa shape index (κ2) is 12.3. The minimum atomic E-state index is -0.423. The first kappa shape index (κ1) is 23.0. The average molecular weight is 428 g/mol. The van der Waals surface area contributed by atoms with E-state index in [0.29, 0.717) is 24.2 Å². The number of thiocarbonyl (C=S) groups is 1. The quantitative estimate of drug-likeness (QED) is 0.419. The van der Waals surface area contributed by atoms with Gasteiger partial charge in [0.05, 0.1) is 13.0 Å². The number of anilines is 2. The summed E-state index contributed by atoms with van der Waals surface area (Å²) in [4.78, 5) is 35.2. The number of aryl methyl sites for hydroxylation is 1. The average Bonchev–Trinajstić information content (AvgIpc) is 2.73. The number of nitrogens with one attached hydrogen (secondary N) is 3. The van der Waals surface area contributed by atoms with Gasteiger partial charge >= 0.3 is 5.97 Å². The predicted octanol–water partition coefficient (Wildman–Crippen LogP) is 3.41. The Kier molecular flexibility index (Phi) is 9.47. The van der Waals surface area contributed by atoms with Crippen molar-refractivity contribution in [2.45, 2.75) is 32.6 Å². The molecule has 0 heterocycles. The van der Waals surface area contributed by atoms with Crippen LogP contribution in [0.25, 0.3) is 0 Å². The second-order valence-electron chi connectivity index (χ2n) is 6.42.